The monoisotopic (exact) mass is 500 g/mol. The highest BCUT2D eigenvalue weighted by atomic mass is 35.5. The predicted molar refractivity (Wildman–Crippen MR) is 145 cm³/mol. The number of nitrogens with zero attached hydrogens (tertiary/aromatic N) is 3. The lowest BCUT2D eigenvalue weighted by Crippen LogP contribution is -2.23. The van der Waals surface area contributed by atoms with Crippen molar-refractivity contribution in [2.45, 2.75) is 39.7 Å². The Labute approximate surface area is 216 Å². The van der Waals surface area contributed by atoms with E-state index in [2.05, 4.69) is 55.6 Å². The van der Waals surface area contributed by atoms with Crippen LogP contribution in [0, 0.1) is 0 Å². The Bertz CT molecular complexity index is 1400. The second-order valence-electron chi connectivity index (χ2n) is 9.69. The van der Waals surface area contributed by atoms with Gasteiger partial charge in [0.05, 0.1) is 18.0 Å². The van der Waals surface area contributed by atoms with Crippen LogP contribution in [-0.4, -0.2) is 26.5 Å². The molecule has 0 fully saturated rings. The third-order valence-electron chi connectivity index (χ3n) is 5.91. The summed E-state index contributed by atoms with van der Waals surface area (Å²) in [6.07, 6.45) is 0. The van der Waals surface area contributed by atoms with Gasteiger partial charge in [-0.05, 0) is 47.7 Å². The molecule has 4 aromatic rings. The lowest BCUT2D eigenvalue weighted by atomic mass is 9.87. The number of hydrazone groups is 1. The number of aromatic nitrogens is 2. The average molecular weight is 501 g/mol. The van der Waals surface area contributed by atoms with E-state index in [1.807, 2.05) is 30.3 Å². The summed E-state index contributed by atoms with van der Waals surface area (Å²) < 4.78 is 1.69. The number of halogens is 1. The minimum absolute atomic E-state index is 0.0324. The van der Waals surface area contributed by atoms with E-state index in [0.717, 1.165) is 11.1 Å². The average Bonchev–Trinajstić information content (AvgIpc) is 3.28. The van der Waals surface area contributed by atoms with Gasteiger partial charge in [0.25, 0.3) is 5.91 Å². The van der Waals surface area contributed by atoms with Gasteiger partial charge in [-0.25, -0.2) is 5.43 Å². The molecular weight excluding hydrogens is 472 g/mol. The summed E-state index contributed by atoms with van der Waals surface area (Å²) >= 11 is 6.05. The minimum Gasteiger partial charge on any atom is -0.507 e. The maximum absolute atomic E-state index is 13.2. The molecule has 0 radical (unpaired) electrons. The maximum atomic E-state index is 13.2. The number of amides is 1. The topological polar surface area (TPSA) is 79.5 Å². The van der Waals surface area contributed by atoms with Crippen LogP contribution in [0.15, 0.2) is 84.0 Å². The Hall–Kier alpha value is -3.90. The number of aromatic hydroxyl groups is 1. The smallest absolute Gasteiger partial charge is 0.289 e. The molecule has 1 amide bonds. The van der Waals surface area contributed by atoms with Crippen LogP contribution in [0.25, 0.3) is 11.3 Å². The van der Waals surface area contributed by atoms with Crippen molar-refractivity contribution in [3.8, 4) is 17.0 Å². The number of phenols is 1. The highest BCUT2D eigenvalue weighted by Gasteiger charge is 2.18. The first-order chi connectivity index (χ1) is 17.1. The number of hydrogen-bond donors (Lipinski definition) is 2. The molecule has 0 saturated heterocycles. The van der Waals surface area contributed by atoms with E-state index < -0.39 is 5.91 Å². The maximum Gasteiger partial charge on any atom is 0.289 e. The molecule has 184 valence electrons. The van der Waals surface area contributed by atoms with E-state index in [4.69, 9.17) is 16.7 Å². The van der Waals surface area contributed by atoms with Gasteiger partial charge in [0, 0.05) is 16.1 Å². The van der Waals surface area contributed by atoms with Gasteiger partial charge in [-0.15, -0.1) is 0 Å². The van der Waals surface area contributed by atoms with Gasteiger partial charge in [-0.1, -0.05) is 87.0 Å². The molecule has 0 bridgehead atoms. The predicted octanol–water partition coefficient (Wildman–Crippen LogP) is 6.41. The summed E-state index contributed by atoms with van der Waals surface area (Å²) in [7, 11) is 0. The molecule has 2 N–H and O–H groups in total. The lowest BCUT2D eigenvalue weighted by Gasteiger charge is -2.19. The zero-order valence-corrected chi connectivity index (χ0v) is 21.5. The largest absolute Gasteiger partial charge is 0.507 e. The summed E-state index contributed by atoms with van der Waals surface area (Å²) in [6.45, 7) is 8.65. The van der Waals surface area contributed by atoms with E-state index >= 15 is 0 Å². The van der Waals surface area contributed by atoms with Gasteiger partial charge >= 0.3 is 0 Å². The number of carbonyl (C=O) groups excluding carboxylic acids is 1. The molecule has 4 rings (SSSR count). The van der Waals surface area contributed by atoms with Crippen LogP contribution >= 0.6 is 11.6 Å². The molecule has 0 unspecified atom stereocenters. The molecule has 7 heteroatoms. The molecule has 0 saturated carbocycles. The van der Waals surface area contributed by atoms with Gasteiger partial charge in [-0.2, -0.15) is 10.2 Å². The van der Waals surface area contributed by atoms with Gasteiger partial charge in [0.2, 0.25) is 0 Å². The van der Waals surface area contributed by atoms with E-state index in [1.54, 1.807) is 29.8 Å². The molecule has 0 aliphatic rings. The van der Waals surface area contributed by atoms with Crippen molar-refractivity contribution in [3.05, 3.63) is 106 Å². The minimum atomic E-state index is -0.406. The number of hydrogen-bond acceptors (Lipinski definition) is 4. The van der Waals surface area contributed by atoms with Gasteiger partial charge in [-0.3, -0.25) is 9.48 Å². The first-order valence-corrected chi connectivity index (χ1v) is 12.1. The molecule has 0 aliphatic heterocycles. The zero-order valence-electron chi connectivity index (χ0n) is 20.8. The van der Waals surface area contributed by atoms with Crippen LogP contribution in [0.2, 0.25) is 5.02 Å². The number of rotatable bonds is 6. The second kappa shape index (κ2) is 10.4. The van der Waals surface area contributed by atoms with Crippen LogP contribution in [-0.2, 0) is 12.0 Å². The summed E-state index contributed by atoms with van der Waals surface area (Å²) in [6, 6.07) is 24.5. The van der Waals surface area contributed by atoms with Crippen molar-refractivity contribution in [3.63, 3.8) is 0 Å². The molecule has 0 atom stereocenters. The van der Waals surface area contributed by atoms with Crippen molar-refractivity contribution < 1.29 is 9.90 Å². The Morgan fingerprint density at radius 3 is 2.39 bits per heavy atom. The number of benzene rings is 3. The first-order valence-electron chi connectivity index (χ1n) is 11.7. The van der Waals surface area contributed by atoms with Gasteiger partial charge < -0.3 is 5.11 Å². The summed E-state index contributed by atoms with van der Waals surface area (Å²) in [5.41, 5.74) is 7.78. The Balaban J connectivity index is 1.64. The van der Waals surface area contributed by atoms with Gasteiger partial charge in [0.1, 0.15) is 11.4 Å². The highest BCUT2D eigenvalue weighted by molar-refractivity contribution is 6.31. The lowest BCUT2D eigenvalue weighted by molar-refractivity contribution is 0.0944. The fraction of sp³-hybridized carbons (Fsp3) is 0.207. The number of nitrogens with one attached hydrogen (secondary N) is 1. The molecule has 36 heavy (non-hydrogen) atoms. The van der Waals surface area contributed by atoms with Crippen LogP contribution < -0.4 is 5.43 Å². The fourth-order valence-electron chi connectivity index (χ4n) is 3.80. The quantitative estimate of drug-likeness (QED) is 0.237. The first kappa shape index (κ1) is 25.2. The highest BCUT2D eigenvalue weighted by Crippen LogP contribution is 2.24. The molecule has 0 spiro atoms. The van der Waals surface area contributed by atoms with E-state index in [9.17, 15) is 9.90 Å². The summed E-state index contributed by atoms with van der Waals surface area (Å²) in [5.74, 6) is -0.373. The van der Waals surface area contributed by atoms with Crippen LogP contribution in [0.5, 0.6) is 5.75 Å². The van der Waals surface area contributed by atoms with Crippen molar-refractivity contribution in [1.82, 2.24) is 15.2 Å². The van der Waals surface area contributed by atoms with Crippen molar-refractivity contribution in [2.24, 2.45) is 5.10 Å². The second-order valence-corrected chi connectivity index (χ2v) is 10.1. The Kier molecular flexibility index (Phi) is 7.27. The summed E-state index contributed by atoms with van der Waals surface area (Å²) in [5, 5.41) is 19.5. The Morgan fingerprint density at radius 1 is 1.03 bits per heavy atom. The fourth-order valence-corrected chi connectivity index (χ4v) is 3.98. The number of phenolic OH excluding ortho intramolecular Hbond substituents is 1. The third kappa shape index (κ3) is 5.83. The standard InChI is InChI=1S/C29H29ClN4O2/c1-19(24-16-23(30)14-15-27(24)35)31-32-28(36)26-17-25(21-8-6-5-7-9-21)33-34(26)18-20-10-12-22(13-11-20)29(2,3)4/h5-17,35H,18H2,1-4H3,(H,32,36)/b31-19+. The Morgan fingerprint density at radius 2 is 1.72 bits per heavy atom. The SMILES string of the molecule is C/C(=N\NC(=O)c1cc(-c2ccccc2)nn1Cc1ccc(C(C)(C)C)cc1)c1cc(Cl)ccc1O. The van der Waals surface area contributed by atoms with E-state index in [1.165, 1.54) is 11.6 Å². The molecule has 3 aromatic carbocycles. The molecule has 0 aliphatic carbocycles. The zero-order chi connectivity index (χ0) is 25.9. The van der Waals surface area contributed by atoms with Crippen LogP contribution in [0.1, 0.15) is 54.9 Å². The molecule has 6 nitrogen and oxygen atoms in total. The third-order valence-corrected chi connectivity index (χ3v) is 6.14. The van der Waals surface area contributed by atoms with E-state index in [0.29, 0.717) is 34.2 Å². The van der Waals surface area contributed by atoms with Crippen molar-refractivity contribution in [1.29, 1.82) is 0 Å². The molecule has 1 aromatic heterocycles. The van der Waals surface area contributed by atoms with Crippen LogP contribution in [0.3, 0.4) is 0 Å². The van der Waals surface area contributed by atoms with Crippen molar-refractivity contribution >= 4 is 23.2 Å². The molecular formula is C29H29ClN4O2. The number of carbonyl (C=O) groups is 1. The normalized spacial score (nSPS) is 12.0. The van der Waals surface area contributed by atoms with E-state index in [-0.39, 0.29) is 11.2 Å². The van der Waals surface area contributed by atoms with Gasteiger partial charge in [0.15, 0.2) is 0 Å². The van der Waals surface area contributed by atoms with Crippen molar-refractivity contribution in [2.75, 3.05) is 0 Å². The summed E-state index contributed by atoms with van der Waals surface area (Å²) in [4.78, 5) is 13.2. The molecule has 1 heterocycles. The van der Waals surface area contributed by atoms with Crippen LogP contribution in [0.4, 0.5) is 0 Å².